The van der Waals surface area contributed by atoms with E-state index in [1.807, 2.05) is 60.3 Å². The van der Waals surface area contributed by atoms with Gasteiger partial charge in [0.25, 0.3) is 0 Å². The highest BCUT2D eigenvalue weighted by Crippen LogP contribution is 2.23. The molecule has 0 radical (unpaired) electrons. The fraction of sp³-hybridized carbons (Fsp3) is 0.0741. The Morgan fingerprint density at radius 3 is 1.87 bits per heavy atom. The van der Waals surface area contributed by atoms with Crippen LogP contribution >= 0.6 is 11.8 Å². The van der Waals surface area contributed by atoms with E-state index in [0.29, 0.717) is 6.42 Å². The van der Waals surface area contributed by atoms with Gasteiger partial charge in [0.1, 0.15) is 0 Å². The van der Waals surface area contributed by atoms with Gasteiger partial charge in [-0.1, -0.05) is 84.9 Å². The minimum absolute atomic E-state index is 0.00567. The number of benzene rings is 4. The zero-order valence-corrected chi connectivity index (χ0v) is 17.4. The number of hydrogen-bond donors (Lipinski definition) is 1. The van der Waals surface area contributed by atoms with Gasteiger partial charge in [0.2, 0.25) is 5.91 Å². The lowest BCUT2D eigenvalue weighted by molar-refractivity contribution is -0.115. The largest absolute Gasteiger partial charge is 0.326 e. The lowest BCUT2D eigenvalue weighted by Crippen LogP contribution is -2.14. The number of amides is 1. The highest BCUT2D eigenvalue weighted by atomic mass is 32.2. The van der Waals surface area contributed by atoms with Crippen molar-refractivity contribution in [2.75, 3.05) is 5.32 Å². The van der Waals surface area contributed by atoms with E-state index in [0.717, 1.165) is 22.6 Å². The molecule has 0 heterocycles. The third-order valence-corrected chi connectivity index (χ3v) is 5.90. The molecule has 1 N–H and O–H groups in total. The first-order valence-electron chi connectivity index (χ1n) is 9.97. The van der Waals surface area contributed by atoms with Crippen LogP contribution in [0.5, 0.6) is 0 Å². The normalized spacial score (nSPS) is 10.5. The summed E-state index contributed by atoms with van der Waals surface area (Å²) in [5.41, 5.74) is 5.40. The van der Waals surface area contributed by atoms with Gasteiger partial charge in [-0.2, -0.15) is 0 Å². The van der Waals surface area contributed by atoms with Crippen LogP contribution in [0, 0.1) is 0 Å². The summed E-state index contributed by atoms with van der Waals surface area (Å²) in [6.07, 6.45) is 0.362. The summed E-state index contributed by atoms with van der Waals surface area (Å²) in [6.45, 7) is 0. The Morgan fingerprint density at radius 2 is 1.20 bits per heavy atom. The third-order valence-electron chi connectivity index (χ3n) is 4.81. The number of carbonyl (C=O) groups excluding carboxylic acids is 1. The van der Waals surface area contributed by atoms with Crippen molar-refractivity contribution in [1.82, 2.24) is 0 Å². The Morgan fingerprint density at radius 1 is 0.633 bits per heavy atom. The maximum absolute atomic E-state index is 12.4. The van der Waals surface area contributed by atoms with Crippen molar-refractivity contribution < 1.29 is 4.79 Å². The summed E-state index contributed by atoms with van der Waals surface area (Å²) in [5, 5.41) is 2.99. The van der Waals surface area contributed by atoms with Crippen molar-refractivity contribution in [1.29, 1.82) is 0 Å². The van der Waals surface area contributed by atoms with E-state index >= 15 is 0 Å². The molecular formula is C27H23NOS. The standard InChI is InChI=1S/C27H23NOS/c29-27(19-21-11-15-24(16-12-21)23-7-3-1-4-8-23)28-25-17-13-22(14-18-25)20-30-26-9-5-2-6-10-26/h1-18H,19-20H2,(H,28,29). The van der Waals surface area contributed by atoms with Crippen LogP contribution in [-0.2, 0) is 17.0 Å². The molecule has 4 aromatic carbocycles. The first-order chi connectivity index (χ1) is 14.8. The van der Waals surface area contributed by atoms with Gasteiger partial charge < -0.3 is 5.32 Å². The monoisotopic (exact) mass is 409 g/mol. The average molecular weight is 410 g/mol. The van der Waals surface area contributed by atoms with Gasteiger partial charge in [-0.25, -0.2) is 0 Å². The SMILES string of the molecule is O=C(Cc1ccc(-c2ccccc2)cc1)Nc1ccc(CSc2ccccc2)cc1. The van der Waals surface area contributed by atoms with Crippen LogP contribution in [-0.4, -0.2) is 5.91 Å². The predicted octanol–water partition coefficient (Wildman–Crippen LogP) is 6.83. The molecule has 0 spiro atoms. The molecule has 0 unspecified atom stereocenters. The van der Waals surface area contributed by atoms with Crippen LogP contribution in [0.4, 0.5) is 5.69 Å². The number of thioether (sulfide) groups is 1. The van der Waals surface area contributed by atoms with Crippen LogP contribution in [0.15, 0.2) is 114 Å². The van der Waals surface area contributed by atoms with Crippen LogP contribution in [0.25, 0.3) is 11.1 Å². The molecule has 0 aliphatic carbocycles. The Balaban J connectivity index is 1.29. The van der Waals surface area contributed by atoms with Crippen molar-refractivity contribution >= 4 is 23.4 Å². The zero-order valence-electron chi connectivity index (χ0n) is 16.6. The summed E-state index contributed by atoms with van der Waals surface area (Å²) in [5.74, 6) is 0.903. The number of carbonyl (C=O) groups is 1. The Bertz CT molecular complexity index is 1080. The second-order valence-corrected chi connectivity index (χ2v) is 8.14. The first kappa shape index (κ1) is 20.0. The summed E-state index contributed by atoms with van der Waals surface area (Å²) < 4.78 is 0. The Hall–Kier alpha value is -3.30. The lowest BCUT2D eigenvalue weighted by Gasteiger charge is -2.08. The van der Waals surface area contributed by atoms with Gasteiger partial charge in [-0.3, -0.25) is 4.79 Å². The predicted molar refractivity (Wildman–Crippen MR) is 127 cm³/mol. The van der Waals surface area contributed by atoms with E-state index < -0.39 is 0 Å². The number of rotatable bonds is 7. The van der Waals surface area contributed by atoms with Crippen LogP contribution in [0.1, 0.15) is 11.1 Å². The first-order valence-corrected chi connectivity index (χ1v) is 11.0. The van der Waals surface area contributed by atoms with E-state index in [4.69, 9.17) is 0 Å². The van der Waals surface area contributed by atoms with E-state index in [2.05, 4.69) is 66.0 Å². The van der Waals surface area contributed by atoms with Gasteiger partial charge >= 0.3 is 0 Å². The van der Waals surface area contributed by atoms with Crippen molar-refractivity contribution in [2.24, 2.45) is 0 Å². The summed E-state index contributed by atoms with van der Waals surface area (Å²) >= 11 is 1.81. The second-order valence-electron chi connectivity index (χ2n) is 7.09. The molecule has 3 heteroatoms. The molecule has 0 saturated carbocycles. The fourth-order valence-corrected chi connectivity index (χ4v) is 4.08. The molecule has 4 rings (SSSR count). The molecule has 4 aromatic rings. The summed E-state index contributed by atoms with van der Waals surface area (Å²) in [7, 11) is 0. The van der Waals surface area contributed by atoms with Gasteiger partial charge in [-0.15, -0.1) is 11.8 Å². The average Bonchev–Trinajstić information content (AvgIpc) is 2.80. The Kier molecular flexibility index (Phi) is 6.63. The maximum atomic E-state index is 12.4. The van der Waals surface area contributed by atoms with Gasteiger partial charge in [-0.05, 0) is 46.5 Å². The zero-order chi connectivity index (χ0) is 20.6. The smallest absolute Gasteiger partial charge is 0.228 e. The number of hydrogen-bond acceptors (Lipinski definition) is 2. The van der Waals surface area contributed by atoms with E-state index in [1.165, 1.54) is 16.0 Å². The topological polar surface area (TPSA) is 29.1 Å². The minimum Gasteiger partial charge on any atom is -0.326 e. The molecule has 0 aliphatic rings. The molecule has 1 amide bonds. The molecule has 30 heavy (non-hydrogen) atoms. The van der Waals surface area contributed by atoms with Crippen molar-refractivity contribution in [2.45, 2.75) is 17.1 Å². The van der Waals surface area contributed by atoms with E-state index in [9.17, 15) is 4.79 Å². The summed E-state index contributed by atoms with van der Waals surface area (Å²) in [4.78, 5) is 13.7. The molecule has 0 aromatic heterocycles. The second kappa shape index (κ2) is 9.95. The van der Waals surface area contributed by atoms with Crippen LogP contribution < -0.4 is 5.32 Å². The molecule has 0 aliphatic heterocycles. The molecular weight excluding hydrogens is 386 g/mol. The quantitative estimate of drug-likeness (QED) is 0.339. The van der Waals surface area contributed by atoms with Crippen molar-refractivity contribution in [3.05, 3.63) is 120 Å². The molecule has 2 nitrogen and oxygen atoms in total. The maximum Gasteiger partial charge on any atom is 0.228 e. The molecule has 0 fully saturated rings. The Labute approximate surface area is 182 Å². The molecule has 148 valence electrons. The molecule has 0 bridgehead atoms. The van der Waals surface area contributed by atoms with Gasteiger partial charge in [0.15, 0.2) is 0 Å². The van der Waals surface area contributed by atoms with E-state index in [1.54, 1.807) is 0 Å². The van der Waals surface area contributed by atoms with Crippen LogP contribution in [0.2, 0.25) is 0 Å². The minimum atomic E-state index is -0.00567. The molecule has 0 saturated heterocycles. The highest BCUT2D eigenvalue weighted by molar-refractivity contribution is 7.98. The third kappa shape index (κ3) is 5.62. The van der Waals surface area contributed by atoms with Gasteiger partial charge in [0.05, 0.1) is 6.42 Å². The summed E-state index contributed by atoms with van der Waals surface area (Å²) in [6, 6.07) is 36.9. The van der Waals surface area contributed by atoms with Crippen molar-refractivity contribution in [3.63, 3.8) is 0 Å². The van der Waals surface area contributed by atoms with Crippen LogP contribution in [0.3, 0.4) is 0 Å². The molecule has 0 atom stereocenters. The van der Waals surface area contributed by atoms with Crippen molar-refractivity contribution in [3.8, 4) is 11.1 Å². The van der Waals surface area contributed by atoms with Gasteiger partial charge in [0, 0.05) is 16.3 Å². The number of anilines is 1. The number of nitrogens with one attached hydrogen (secondary N) is 1. The lowest BCUT2D eigenvalue weighted by atomic mass is 10.0. The van der Waals surface area contributed by atoms with E-state index in [-0.39, 0.29) is 5.91 Å². The fourth-order valence-electron chi connectivity index (χ4n) is 3.20. The highest BCUT2D eigenvalue weighted by Gasteiger charge is 2.05.